The number of amides is 6. The smallest absolute Gasteiger partial charge is 0.255 e. The van der Waals surface area contributed by atoms with E-state index in [1.54, 1.807) is 32.0 Å². The molecule has 2 heterocycles. The van der Waals surface area contributed by atoms with E-state index in [1.165, 1.54) is 6.07 Å². The summed E-state index contributed by atoms with van der Waals surface area (Å²) in [5.41, 5.74) is 7.36. The van der Waals surface area contributed by atoms with E-state index < -0.39 is 66.4 Å². The molecule has 2 aliphatic rings. The average molecular weight is 680 g/mol. The van der Waals surface area contributed by atoms with Crippen molar-refractivity contribution in [3.63, 3.8) is 0 Å². The van der Waals surface area contributed by atoms with Crippen molar-refractivity contribution in [1.82, 2.24) is 31.5 Å². The first kappa shape index (κ1) is 36.8. The molecule has 1 fully saturated rings. The van der Waals surface area contributed by atoms with Gasteiger partial charge in [-0.2, -0.15) is 0 Å². The number of nitrogens with zero attached hydrogens (tertiary/aromatic N) is 1. The molecule has 1 saturated heterocycles. The van der Waals surface area contributed by atoms with Crippen molar-refractivity contribution in [2.24, 2.45) is 11.7 Å². The van der Waals surface area contributed by atoms with Crippen LogP contribution in [0.3, 0.4) is 0 Å². The van der Waals surface area contributed by atoms with Gasteiger partial charge in [-0.25, -0.2) is 0 Å². The minimum absolute atomic E-state index is 0.00630. The van der Waals surface area contributed by atoms with Gasteiger partial charge >= 0.3 is 0 Å². The Labute approximate surface area is 285 Å². The molecule has 6 amide bonds. The van der Waals surface area contributed by atoms with Crippen LogP contribution in [-0.2, 0) is 41.8 Å². The summed E-state index contributed by atoms with van der Waals surface area (Å²) in [5.74, 6) is -4.48. The Bertz CT molecular complexity index is 1510. The van der Waals surface area contributed by atoms with Gasteiger partial charge in [0.2, 0.25) is 29.5 Å². The number of fused-ring (bicyclic) bond motifs is 1. The van der Waals surface area contributed by atoms with Crippen LogP contribution in [0, 0.1) is 5.92 Å². The number of hydrogen-bond acceptors (Lipinski definition) is 9. The van der Waals surface area contributed by atoms with Crippen LogP contribution < -0.4 is 37.1 Å². The second kappa shape index (κ2) is 17.9. The summed E-state index contributed by atoms with van der Waals surface area (Å²) in [7, 11) is 0. The molecule has 0 saturated carbocycles. The van der Waals surface area contributed by atoms with Crippen LogP contribution in [0.15, 0.2) is 48.5 Å². The topological polar surface area (TPSA) is 210 Å². The van der Waals surface area contributed by atoms with E-state index >= 15 is 0 Å². The Hall–Kier alpha value is -5.02. The molecule has 2 aromatic carbocycles. The largest absolute Gasteiger partial charge is 0.491 e. The molecular weight excluding hydrogens is 634 g/mol. The molecule has 15 heteroatoms. The first-order chi connectivity index (χ1) is 23.5. The van der Waals surface area contributed by atoms with E-state index in [1.807, 2.05) is 24.3 Å². The molecule has 2 aliphatic heterocycles. The third-order valence-electron chi connectivity index (χ3n) is 8.07. The monoisotopic (exact) mass is 679 g/mol. The molecule has 49 heavy (non-hydrogen) atoms. The van der Waals surface area contributed by atoms with Gasteiger partial charge in [-0.15, -0.1) is 0 Å². The number of morpholine rings is 1. The van der Waals surface area contributed by atoms with E-state index in [2.05, 4.69) is 31.5 Å². The van der Waals surface area contributed by atoms with Gasteiger partial charge in [0.05, 0.1) is 38.2 Å². The van der Waals surface area contributed by atoms with E-state index in [0.717, 1.165) is 30.8 Å². The Kier molecular flexibility index (Phi) is 13.5. The molecule has 7 N–H and O–H groups in total. The van der Waals surface area contributed by atoms with E-state index in [9.17, 15) is 28.8 Å². The molecule has 0 unspecified atom stereocenters. The van der Waals surface area contributed by atoms with Gasteiger partial charge < -0.3 is 41.8 Å². The van der Waals surface area contributed by atoms with Crippen LogP contribution in [0.25, 0.3) is 0 Å². The van der Waals surface area contributed by atoms with Crippen molar-refractivity contribution in [1.29, 1.82) is 0 Å². The third kappa shape index (κ3) is 11.3. The highest BCUT2D eigenvalue weighted by molar-refractivity contribution is 6.01. The summed E-state index contributed by atoms with van der Waals surface area (Å²) in [6, 6.07) is 10.3. The SMILES string of the molecule is CC(C)[C@H]1NC(=O)[C@H](CC(N)=O)NC(=O)C[C@@H](C(=O)NCc2cccc(CN3CCOCC3)c2)NC(=O)c2ccccc2OCCNC1=O. The molecule has 264 valence electrons. The fraction of sp³-hybridized carbons (Fsp3) is 0.471. The first-order valence-electron chi connectivity index (χ1n) is 16.3. The Morgan fingerprint density at radius 3 is 2.41 bits per heavy atom. The second-order valence-electron chi connectivity index (χ2n) is 12.3. The molecule has 0 aliphatic carbocycles. The number of benzene rings is 2. The number of rotatable bonds is 8. The number of para-hydroxylation sites is 1. The zero-order valence-corrected chi connectivity index (χ0v) is 27.8. The molecule has 0 spiro atoms. The molecular formula is C34H45N7O8. The van der Waals surface area contributed by atoms with Gasteiger partial charge in [0.25, 0.3) is 5.91 Å². The van der Waals surface area contributed by atoms with Crippen molar-refractivity contribution < 1.29 is 38.2 Å². The van der Waals surface area contributed by atoms with Gasteiger partial charge in [0, 0.05) is 26.2 Å². The minimum atomic E-state index is -1.44. The maximum atomic E-state index is 13.6. The Balaban J connectivity index is 1.55. The predicted octanol–water partition coefficient (Wildman–Crippen LogP) is -0.667. The molecule has 0 radical (unpaired) electrons. The number of ether oxygens (including phenoxy) is 2. The van der Waals surface area contributed by atoms with Crippen molar-refractivity contribution in [3.8, 4) is 5.75 Å². The van der Waals surface area contributed by atoms with Crippen LogP contribution in [0.2, 0.25) is 0 Å². The van der Waals surface area contributed by atoms with Crippen molar-refractivity contribution >= 4 is 35.4 Å². The molecule has 0 aromatic heterocycles. The lowest BCUT2D eigenvalue weighted by atomic mass is 10.0. The van der Waals surface area contributed by atoms with Crippen molar-refractivity contribution in [2.75, 3.05) is 39.5 Å². The quantitative estimate of drug-likeness (QED) is 0.209. The lowest BCUT2D eigenvalue weighted by molar-refractivity contribution is -0.134. The number of nitrogens with one attached hydrogen (secondary N) is 5. The van der Waals surface area contributed by atoms with Gasteiger partial charge in [-0.1, -0.05) is 50.2 Å². The molecule has 2 aromatic rings. The highest BCUT2D eigenvalue weighted by Crippen LogP contribution is 2.18. The number of carbonyl (C=O) groups is 6. The van der Waals surface area contributed by atoms with Gasteiger partial charge in [0.1, 0.15) is 30.5 Å². The first-order valence-corrected chi connectivity index (χ1v) is 16.3. The normalized spacial score (nSPS) is 21.6. The zero-order chi connectivity index (χ0) is 35.3. The Morgan fingerprint density at radius 1 is 0.939 bits per heavy atom. The van der Waals surface area contributed by atoms with Crippen LogP contribution in [-0.4, -0.2) is 97.9 Å². The van der Waals surface area contributed by atoms with E-state index in [-0.39, 0.29) is 36.9 Å². The summed E-state index contributed by atoms with van der Waals surface area (Å²) in [4.78, 5) is 80.7. The van der Waals surface area contributed by atoms with Crippen LogP contribution in [0.4, 0.5) is 0 Å². The van der Waals surface area contributed by atoms with E-state index in [0.29, 0.717) is 13.2 Å². The molecule has 15 nitrogen and oxygen atoms in total. The molecule has 0 bridgehead atoms. The second-order valence-corrected chi connectivity index (χ2v) is 12.3. The van der Waals surface area contributed by atoms with E-state index in [4.69, 9.17) is 15.2 Å². The summed E-state index contributed by atoms with van der Waals surface area (Å²) in [6.07, 6.45) is -1.14. The lowest BCUT2D eigenvalue weighted by Crippen LogP contribution is -2.57. The summed E-state index contributed by atoms with van der Waals surface area (Å²) in [6.45, 7) is 7.35. The number of primary amides is 1. The van der Waals surface area contributed by atoms with Gasteiger partial charge in [-0.05, 0) is 29.2 Å². The highest BCUT2D eigenvalue weighted by atomic mass is 16.5. The molecule has 3 atom stereocenters. The average Bonchev–Trinajstić information content (AvgIpc) is 3.07. The fourth-order valence-corrected chi connectivity index (χ4v) is 5.48. The van der Waals surface area contributed by atoms with Crippen LogP contribution in [0.5, 0.6) is 5.75 Å². The van der Waals surface area contributed by atoms with Crippen LogP contribution in [0.1, 0.15) is 48.2 Å². The van der Waals surface area contributed by atoms with Crippen LogP contribution >= 0.6 is 0 Å². The lowest BCUT2D eigenvalue weighted by Gasteiger charge is -2.26. The summed E-state index contributed by atoms with van der Waals surface area (Å²) >= 11 is 0. The number of nitrogens with two attached hydrogens (primary N) is 1. The predicted molar refractivity (Wildman–Crippen MR) is 178 cm³/mol. The summed E-state index contributed by atoms with van der Waals surface area (Å²) in [5, 5.41) is 13.2. The standard InChI is InChI=1S/C34H45N7O8/c1-21(2)30-34(47)36-10-13-49-27-9-4-3-8-24(27)31(44)39-26(18-29(43)38-25(17-28(35)42)33(46)40-30)32(45)37-19-22-6-5-7-23(16-22)20-41-11-14-48-15-12-41/h3-9,16,21,25-26,30H,10-15,17-20H2,1-2H3,(H2,35,42)(H,36,47)(H,37,45)(H,38,43)(H,39,44)(H,40,46)/t25-,26-,30+/m0/s1. The fourth-order valence-electron chi connectivity index (χ4n) is 5.48. The maximum Gasteiger partial charge on any atom is 0.255 e. The maximum absolute atomic E-state index is 13.6. The summed E-state index contributed by atoms with van der Waals surface area (Å²) < 4.78 is 11.2. The Morgan fingerprint density at radius 2 is 1.67 bits per heavy atom. The highest BCUT2D eigenvalue weighted by Gasteiger charge is 2.32. The molecule has 4 rings (SSSR count). The minimum Gasteiger partial charge on any atom is -0.491 e. The van der Waals surface area contributed by atoms with Gasteiger partial charge in [0.15, 0.2) is 0 Å². The zero-order valence-electron chi connectivity index (χ0n) is 27.8. The number of carbonyl (C=O) groups excluding carboxylic acids is 6. The van der Waals surface area contributed by atoms with Gasteiger partial charge in [-0.3, -0.25) is 33.7 Å². The van der Waals surface area contributed by atoms with Crippen molar-refractivity contribution in [3.05, 3.63) is 65.2 Å². The third-order valence-corrected chi connectivity index (χ3v) is 8.07. The number of hydrogen-bond donors (Lipinski definition) is 6. The van der Waals surface area contributed by atoms with Crippen molar-refractivity contribution in [2.45, 2.75) is 57.9 Å².